The SMILES string of the molecule is Cc1ccc(Cl)c(OCc2cccc(C(=O)NCCCn3nc(C)c(Cl)c3C)c2)c1. The number of aromatic nitrogens is 2. The zero-order valence-electron chi connectivity index (χ0n) is 17.3. The summed E-state index contributed by atoms with van der Waals surface area (Å²) in [5.74, 6) is 0.521. The molecule has 0 atom stereocenters. The predicted octanol–water partition coefficient (Wildman–Crippen LogP) is 5.51. The number of nitrogens with one attached hydrogen (secondary N) is 1. The third kappa shape index (κ3) is 5.55. The number of halogens is 2. The van der Waals surface area contributed by atoms with Crippen LogP contribution in [0.3, 0.4) is 0 Å². The predicted molar refractivity (Wildman–Crippen MR) is 121 cm³/mol. The summed E-state index contributed by atoms with van der Waals surface area (Å²) < 4.78 is 7.70. The fourth-order valence-corrected chi connectivity index (χ4v) is 3.42. The standard InChI is InChI=1S/C23H25Cl2N3O2/c1-15-8-9-20(24)21(12-15)30-14-18-6-4-7-19(13-18)23(29)26-10-5-11-28-17(3)22(25)16(2)27-28/h4,6-9,12-13H,5,10-11,14H2,1-3H3,(H,26,29). The van der Waals surface area contributed by atoms with Crippen molar-refractivity contribution < 1.29 is 9.53 Å². The maximum Gasteiger partial charge on any atom is 0.251 e. The summed E-state index contributed by atoms with van der Waals surface area (Å²) in [5, 5.41) is 8.62. The van der Waals surface area contributed by atoms with E-state index in [1.165, 1.54) is 0 Å². The van der Waals surface area contributed by atoms with Gasteiger partial charge in [-0.05, 0) is 62.6 Å². The zero-order valence-corrected chi connectivity index (χ0v) is 18.8. The Hall–Kier alpha value is -2.50. The van der Waals surface area contributed by atoms with Gasteiger partial charge in [0.2, 0.25) is 0 Å². The molecule has 0 fully saturated rings. The molecular weight excluding hydrogens is 421 g/mol. The lowest BCUT2D eigenvalue weighted by Crippen LogP contribution is -2.25. The minimum atomic E-state index is -0.114. The molecule has 0 bridgehead atoms. The van der Waals surface area contributed by atoms with Crippen molar-refractivity contribution >= 4 is 29.1 Å². The molecule has 3 aromatic rings. The van der Waals surface area contributed by atoms with Gasteiger partial charge >= 0.3 is 0 Å². The molecule has 0 spiro atoms. The second-order valence-electron chi connectivity index (χ2n) is 7.24. The van der Waals surface area contributed by atoms with Gasteiger partial charge in [-0.1, -0.05) is 41.4 Å². The number of rotatable bonds is 8. The third-order valence-electron chi connectivity index (χ3n) is 4.80. The Morgan fingerprint density at radius 3 is 2.67 bits per heavy atom. The molecule has 0 aliphatic rings. The van der Waals surface area contributed by atoms with Gasteiger partial charge in [-0.25, -0.2) is 0 Å². The Bertz CT molecular complexity index is 1050. The van der Waals surface area contributed by atoms with E-state index in [2.05, 4.69) is 10.4 Å². The number of carbonyl (C=O) groups excluding carboxylic acids is 1. The average molecular weight is 446 g/mol. The van der Waals surface area contributed by atoms with Crippen LogP contribution in [-0.2, 0) is 13.2 Å². The van der Waals surface area contributed by atoms with Gasteiger partial charge in [-0.3, -0.25) is 9.48 Å². The van der Waals surface area contributed by atoms with Gasteiger partial charge in [0, 0.05) is 18.7 Å². The second-order valence-corrected chi connectivity index (χ2v) is 8.03. The van der Waals surface area contributed by atoms with Gasteiger partial charge < -0.3 is 10.1 Å². The Kier molecular flexibility index (Phi) is 7.40. The lowest BCUT2D eigenvalue weighted by atomic mass is 10.1. The summed E-state index contributed by atoms with van der Waals surface area (Å²) in [6, 6.07) is 13.0. The lowest BCUT2D eigenvalue weighted by molar-refractivity contribution is 0.0952. The topological polar surface area (TPSA) is 56.1 Å². The molecule has 1 heterocycles. The maximum atomic E-state index is 12.5. The minimum Gasteiger partial charge on any atom is -0.487 e. The summed E-state index contributed by atoms with van der Waals surface area (Å²) in [4.78, 5) is 12.5. The summed E-state index contributed by atoms with van der Waals surface area (Å²) in [5.41, 5.74) is 4.34. The molecule has 5 nitrogen and oxygen atoms in total. The lowest BCUT2D eigenvalue weighted by Gasteiger charge is -2.10. The van der Waals surface area contributed by atoms with Crippen molar-refractivity contribution in [1.82, 2.24) is 15.1 Å². The van der Waals surface area contributed by atoms with Crippen LogP contribution in [0.2, 0.25) is 10.0 Å². The molecule has 2 aromatic carbocycles. The van der Waals surface area contributed by atoms with E-state index < -0.39 is 0 Å². The number of amides is 1. The molecule has 0 aliphatic carbocycles. The highest BCUT2D eigenvalue weighted by atomic mass is 35.5. The van der Waals surface area contributed by atoms with E-state index in [1.807, 2.05) is 61.9 Å². The molecule has 0 radical (unpaired) electrons. The molecule has 0 unspecified atom stereocenters. The quantitative estimate of drug-likeness (QED) is 0.464. The Balaban J connectivity index is 1.51. The van der Waals surface area contributed by atoms with Crippen molar-refractivity contribution in [2.24, 2.45) is 0 Å². The number of carbonyl (C=O) groups is 1. The molecule has 30 heavy (non-hydrogen) atoms. The molecule has 1 amide bonds. The molecule has 3 rings (SSSR count). The van der Waals surface area contributed by atoms with Crippen molar-refractivity contribution in [2.45, 2.75) is 40.3 Å². The molecule has 158 valence electrons. The van der Waals surface area contributed by atoms with Gasteiger partial charge in [-0.2, -0.15) is 5.10 Å². The number of ether oxygens (including phenoxy) is 1. The maximum absolute atomic E-state index is 12.5. The van der Waals surface area contributed by atoms with Crippen LogP contribution in [-0.4, -0.2) is 22.2 Å². The highest BCUT2D eigenvalue weighted by Gasteiger charge is 2.10. The number of nitrogens with zero attached hydrogens (tertiary/aromatic N) is 2. The number of benzene rings is 2. The largest absolute Gasteiger partial charge is 0.487 e. The van der Waals surface area contributed by atoms with Crippen molar-refractivity contribution in [2.75, 3.05) is 6.54 Å². The second kappa shape index (κ2) is 10.0. The van der Waals surface area contributed by atoms with E-state index in [0.717, 1.165) is 28.9 Å². The van der Waals surface area contributed by atoms with E-state index in [9.17, 15) is 4.79 Å². The summed E-state index contributed by atoms with van der Waals surface area (Å²) in [7, 11) is 0. The highest BCUT2D eigenvalue weighted by Crippen LogP contribution is 2.26. The normalized spacial score (nSPS) is 10.8. The summed E-state index contributed by atoms with van der Waals surface area (Å²) >= 11 is 12.3. The van der Waals surface area contributed by atoms with Crippen LogP contribution in [0.1, 0.15) is 39.3 Å². The highest BCUT2D eigenvalue weighted by molar-refractivity contribution is 6.32. The third-order valence-corrected chi connectivity index (χ3v) is 5.65. The van der Waals surface area contributed by atoms with Crippen LogP contribution in [0.4, 0.5) is 0 Å². The fraction of sp³-hybridized carbons (Fsp3) is 0.304. The van der Waals surface area contributed by atoms with E-state index >= 15 is 0 Å². The zero-order chi connectivity index (χ0) is 21.7. The van der Waals surface area contributed by atoms with Crippen LogP contribution in [0.5, 0.6) is 5.75 Å². The first-order valence-corrected chi connectivity index (χ1v) is 10.6. The van der Waals surface area contributed by atoms with Crippen molar-refractivity contribution in [1.29, 1.82) is 0 Å². The monoisotopic (exact) mass is 445 g/mol. The van der Waals surface area contributed by atoms with Crippen LogP contribution in [0, 0.1) is 20.8 Å². The van der Waals surface area contributed by atoms with Gasteiger partial charge in [0.1, 0.15) is 12.4 Å². The van der Waals surface area contributed by atoms with Crippen LogP contribution in [0.25, 0.3) is 0 Å². The van der Waals surface area contributed by atoms with Crippen LogP contribution >= 0.6 is 23.2 Å². The van der Waals surface area contributed by atoms with E-state index in [4.69, 9.17) is 27.9 Å². The van der Waals surface area contributed by atoms with E-state index in [-0.39, 0.29) is 5.91 Å². The van der Waals surface area contributed by atoms with E-state index in [0.29, 0.717) is 41.1 Å². The molecule has 0 saturated carbocycles. The Labute approximate surface area is 187 Å². The Morgan fingerprint density at radius 2 is 1.93 bits per heavy atom. The van der Waals surface area contributed by atoms with Crippen LogP contribution in [0.15, 0.2) is 42.5 Å². The smallest absolute Gasteiger partial charge is 0.251 e. The number of aryl methyl sites for hydroxylation is 3. The first-order chi connectivity index (χ1) is 14.3. The molecule has 0 saturated heterocycles. The molecule has 0 aliphatic heterocycles. The van der Waals surface area contributed by atoms with Crippen molar-refractivity contribution in [3.05, 3.63) is 80.6 Å². The summed E-state index contributed by atoms with van der Waals surface area (Å²) in [6.45, 7) is 7.40. The first-order valence-electron chi connectivity index (χ1n) is 9.80. The van der Waals surface area contributed by atoms with Gasteiger partial charge in [0.05, 0.1) is 21.4 Å². The average Bonchev–Trinajstić information content (AvgIpc) is 2.98. The van der Waals surface area contributed by atoms with Gasteiger partial charge in [0.15, 0.2) is 0 Å². The fourth-order valence-electron chi connectivity index (χ4n) is 3.11. The number of hydrogen-bond acceptors (Lipinski definition) is 3. The molecule has 1 aromatic heterocycles. The van der Waals surface area contributed by atoms with Gasteiger partial charge in [0.25, 0.3) is 5.91 Å². The van der Waals surface area contributed by atoms with Crippen molar-refractivity contribution in [3.8, 4) is 5.75 Å². The first kappa shape index (κ1) is 22.2. The molecule has 7 heteroatoms. The summed E-state index contributed by atoms with van der Waals surface area (Å²) in [6.07, 6.45) is 0.763. The van der Waals surface area contributed by atoms with E-state index in [1.54, 1.807) is 6.07 Å². The number of hydrogen-bond donors (Lipinski definition) is 1. The minimum absolute atomic E-state index is 0.114. The molecule has 1 N–H and O–H groups in total. The molecular formula is C23H25Cl2N3O2. The van der Waals surface area contributed by atoms with Crippen LogP contribution < -0.4 is 10.1 Å². The Morgan fingerprint density at radius 1 is 1.13 bits per heavy atom. The van der Waals surface area contributed by atoms with Crippen molar-refractivity contribution in [3.63, 3.8) is 0 Å². The van der Waals surface area contributed by atoms with Gasteiger partial charge in [-0.15, -0.1) is 0 Å².